The van der Waals surface area contributed by atoms with E-state index in [0.29, 0.717) is 24.6 Å². The van der Waals surface area contributed by atoms with Crippen molar-refractivity contribution in [3.8, 4) is 11.5 Å². The van der Waals surface area contributed by atoms with E-state index in [1.54, 1.807) is 0 Å². The van der Waals surface area contributed by atoms with Gasteiger partial charge in [0.25, 0.3) is 0 Å². The van der Waals surface area contributed by atoms with Crippen molar-refractivity contribution in [1.82, 2.24) is 4.98 Å². The number of rotatable bonds is 4. The Kier molecular flexibility index (Phi) is 2.69. The number of hydrogen-bond donors (Lipinski definition) is 1. The predicted octanol–water partition coefficient (Wildman–Crippen LogP) is 1.34. The van der Waals surface area contributed by atoms with Crippen LogP contribution in [0.1, 0.15) is 5.89 Å². The van der Waals surface area contributed by atoms with Crippen LogP contribution in [0.2, 0.25) is 0 Å². The van der Waals surface area contributed by atoms with E-state index in [-0.39, 0.29) is 11.6 Å². The zero-order valence-corrected chi connectivity index (χ0v) is 8.25. The highest BCUT2D eigenvalue weighted by Crippen LogP contribution is 2.26. The fraction of sp³-hybridized carbons (Fsp3) is 0.222. The van der Waals surface area contributed by atoms with Crippen molar-refractivity contribution in [2.24, 2.45) is 5.73 Å². The molecule has 0 atom stereocenters. The molecule has 0 aliphatic rings. The lowest BCUT2D eigenvalue weighted by Crippen LogP contribution is -2.02. The van der Waals surface area contributed by atoms with Gasteiger partial charge in [0.2, 0.25) is 0 Å². The first-order valence-corrected chi connectivity index (χ1v) is 4.60. The molecule has 2 heterocycles. The van der Waals surface area contributed by atoms with Crippen molar-refractivity contribution < 1.29 is 13.8 Å². The maximum Gasteiger partial charge on any atom is 0.433 e. The lowest BCUT2D eigenvalue weighted by molar-refractivity contribution is -0.401. The number of hydrogen-bond acceptors (Lipinski definition) is 6. The standard InChI is InChI=1S/C9H9N3O4/c10-4-3-8-11-5-7(15-8)6-1-2-9(16-6)12(13)14/h1-2,5H,3-4,10H2. The number of furan rings is 1. The van der Waals surface area contributed by atoms with E-state index < -0.39 is 4.92 Å². The van der Waals surface area contributed by atoms with E-state index in [2.05, 4.69) is 4.98 Å². The molecule has 16 heavy (non-hydrogen) atoms. The first-order chi connectivity index (χ1) is 7.70. The van der Waals surface area contributed by atoms with Crippen molar-refractivity contribution in [2.45, 2.75) is 6.42 Å². The van der Waals surface area contributed by atoms with E-state index >= 15 is 0 Å². The molecule has 0 aliphatic heterocycles. The number of aromatic nitrogens is 1. The minimum absolute atomic E-state index is 0.280. The fourth-order valence-electron chi connectivity index (χ4n) is 1.22. The Labute approximate surface area is 90.0 Å². The van der Waals surface area contributed by atoms with Crippen molar-refractivity contribution in [1.29, 1.82) is 0 Å². The van der Waals surface area contributed by atoms with Gasteiger partial charge in [0.15, 0.2) is 17.4 Å². The molecule has 2 rings (SSSR count). The van der Waals surface area contributed by atoms with Crippen LogP contribution in [-0.2, 0) is 6.42 Å². The van der Waals surface area contributed by atoms with Gasteiger partial charge in [-0.15, -0.1) is 0 Å². The zero-order chi connectivity index (χ0) is 11.5. The minimum atomic E-state index is -0.610. The summed E-state index contributed by atoms with van der Waals surface area (Å²) in [4.78, 5) is 13.8. The third-order valence-electron chi connectivity index (χ3n) is 1.93. The maximum atomic E-state index is 10.4. The summed E-state index contributed by atoms with van der Waals surface area (Å²) in [5.74, 6) is 0.794. The summed E-state index contributed by atoms with van der Waals surface area (Å²) in [5.41, 5.74) is 5.34. The summed E-state index contributed by atoms with van der Waals surface area (Å²) in [5, 5.41) is 10.4. The monoisotopic (exact) mass is 223 g/mol. The molecule has 0 spiro atoms. The number of nitrogens with zero attached hydrogens (tertiary/aromatic N) is 2. The molecule has 0 bridgehead atoms. The molecule has 2 aromatic rings. The van der Waals surface area contributed by atoms with Crippen molar-refractivity contribution in [2.75, 3.05) is 6.54 Å². The second-order valence-corrected chi connectivity index (χ2v) is 3.05. The number of oxazole rings is 1. The molecule has 0 saturated carbocycles. The summed E-state index contributed by atoms with van der Waals surface area (Å²) in [6, 6.07) is 2.73. The fourth-order valence-corrected chi connectivity index (χ4v) is 1.22. The molecular weight excluding hydrogens is 214 g/mol. The topological polar surface area (TPSA) is 108 Å². The lowest BCUT2D eigenvalue weighted by Gasteiger charge is -1.89. The zero-order valence-electron chi connectivity index (χ0n) is 8.25. The van der Waals surface area contributed by atoms with Crippen molar-refractivity contribution in [3.63, 3.8) is 0 Å². The van der Waals surface area contributed by atoms with Crippen LogP contribution in [0.5, 0.6) is 0 Å². The van der Waals surface area contributed by atoms with Crippen LogP contribution >= 0.6 is 0 Å². The summed E-state index contributed by atoms with van der Waals surface area (Å²) in [6.45, 7) is 0.429. The van der Waals surface area contributed by atoms with E-state index in [9.17, 15) is 10.1 Å². The molecular formula is C9H9N3O4. The second kappa shape index (κ2) is 4.15. The largest absolute Gasteiger partial charge is 0.437 e. The molecule has 84 valence electrons. The quantitative estimate of drug-likeness (QED) is 0.618. The molecule has 7 heteroatoms. The van der Waals surface area contributed by atoms with Gasteiger partial charge in [0, 0.05) is 13.0 Å². The van der Waals surface area contributed by atoms with Crippen molar-refractivity contribution in [3.05, 3.63) is 34.3 Å². The third kappa shape index (κ3) is 1.94. The van der Waals surface area contributed by atoms with Gasteiger partial charge in [-0.3, -0.25) is 10.1 Å². The highest BCUT2D eigenvalue weighted by Gasteiger charge is 2.15. The van der Waals surface area contributed by atoms with Gasteiger partial charge in [-0.25, -0.2) is 4.98 Å². The molecule has 0 fully saturated rings. The summed E-state index contributed by atoms with van der Waals surface area (Å²) >= 11 is 0. The van der Waals surface area contributed by atoms with Gasteiger partial charge in [-0.2, -0.15) is 0 Å². The number of nitro groups is 1. The van der Waals surface area contributed by atoms with Gasteiger partial charge in [0.05, 0.1) is 12.3 Å². The number of nitrogens with two attached hydrogens (primary N) is 1. The normalized spacial score (nSPS) is 10.6. The van der Waals surface area contributed by atoms with Crippen LogP contribution < -0.4 is 5.73 Å². The highest BCUT2D eigenvalue weighted by molar-refractivity contribution is 5.50. The van der Waals surface area contributed by atoms with Gasteiger partial charge < -0.3 is 14.6 Å². The molecule has 0 unspecified atom stereocenters. The van der Waals surface area contributed by atoms with Crippen LogP contribution in [0.15, 0.2) is 27.2 Å². The summed E-state index contributed by atoms with van der Waals surface area (Å²) in [7, 11) is 0. The van der Waals surface area contributed by atoms with Gasteiger partial charge >= 0.3 is 5.88 Å². The van der Waals surface area contributed by atoms with Crippen LogP contribution in [0, 0.1) is 10.1 Å². The first-order valence-electron chi connectivity index (χ1n) is 4.60. The van der Waals surface area contributed by atoms with Gasteiger partial charge in [-0.1, -0.05) is 0 Å². The Hall–Kier alpha value is -2.15. The minimum Gasteiger partial charge on any atom is -0.437 e. The molecule has 0 radical (unpaired) electrons. The van der Waals surface area contributed by atoms with Gasteiger partial charge in [0.1, 0.15) is 4.92 Å². The Balaban J connectivity index is 2.24. The SMILES string of the molecule is NCCc1ncc(-c2ccc([N+](=O)[O-])o2)o1. The van der Waals surface area contributed by atoms with Crippen LogP contribution in [-0.4, -0.2) is 16.5 Å². The van der Waals surface area contributed by atoms with E-state index in [1.165, 1.54) is 18.3 Å². The molecule has 0 aliphatic carbocycles. The lowest BCUT2D eigenvalue weighted by atomic mass is 10.4. The van der Waals surface area contributed by atoms with Crippen molar-refractivity contribution >= 4 is 5.88 Å². The Bertz CT molecular complexity index is 502. The Morgan fingerprint density at radius 1 is 1.38 bits per heavy atom. The summed E-state index contributed by atoms with van der Waals surface area (Å²) < 4.78 is 10.3. The molecule has 0 saturated heterocycles. The second-order valence-electron chi connectivity index (χ2n) is 3.05. The first kappa shape index (κ1) is 10.4. The van der Waals surface area contributed by atoms with Crippen LogP contribution in [0.3, 0.4) is 0 Å². The smallest absolute Gasteiger partial charge is 0.433 e. The molecule has 7 nitrogen and oxygen atoms in total. The average molecular weight is 223 g/mol. The van der Waals surface area contributed by atoms with E-state index in [0.717, 1.165) is 0 Å². The maximum absolute atomic E-state index is 10.4. The van der Waals surface area contributed by atoms with Gasteiger partial charge in [-0.05, 0) is 6.07 Å². The predicted molar refractivity (Wildman–Crippen MR) is 53.6 cm³/mol. The molecule has 2 aromatic heterocycles. The summed E-state index contributed by atoms with van der Waals surface area (Å²) in [6.07, 6.45) is 1.97. The van der Waals surface area contributed by atoms with E-state index in [4.69, 9.17) is 14.6 Å². The Morgan fingerprint density at radius 2 is 2.19 bits per heavy atom. The van der Waals surface area contributed by atoms with Crippen LogP contribution in [0.25, 0.3) is 11.5 Å². The average Bonchev–Trinajstić information content (AvgIpc) is 2.84. The van der Waals surface area contributed by atoms with E-state index in [1.807, 2.05) is 0 Å². The third-order valence-corrected chi connectivity index (χ3v) is 1.93. The highest BCUT2D eigenvalue weighted by atomic mass is 16.6. The molecule has 0 amide bonds. The molecule has 2 N–H and O–H groups in total. The van der Waals surface area contributed by atoms with Crippen LogP contribution in [0.4, 0.5) is 5.88 Å². The Morgan fingerprint density at radius 3 is 2.81 bits per heavy atom. The molecule has 0 aromatic carbocycles.